The van der Waals surface area contributed by atoms with Crippen LogP contribution in [0.5, 0.6) is 11.5 Å². The number of anilines is 1. The maximum atomic E-state index is 11.6. The highest BCUT2D eigenvalue weighted by atomic mass is 127. The Hall–Kier alpha value is -1.71. The number of carbonyl (C=O) groups excluding carboxylic acids is 1. The van der Waals surface area contributed by atoms with E-state index in [9.17, 15) is 4.79 Å². The number of nitrogens with zero attached hydrogens (tertiary/aromatic N) is 2. The predicted molar refractivity (Wildman–Crippen MR) is 115 cm³/mol. The number of amides is 1. The van der Waals surface area contributed by atoms with Crippen molar-refractivity contribution >= 4 is 41.5 Å². The largest absolute Gasteiger partial charge is 0.494 e. The highest BCUT2D eigenvalue weighted by Crippen LogP contribution is 2.29. The minimum Gasteiger partial charge on any atom is -0.494 e. The van der Waals surface area contributed by atoms with E-state index in [1.54, 1.807) is 0 Å². The lowest BCUT2D eigenvalue weighted by molar-refractivity contribution is -0.127. The lowest BCUT2D eigenvalue weighted by Gasteiger charge is -2.15. The third-order valence-corrected chi connectivity index (χ3v) is 3.86. The Labute approximate surface area is 172 Å². The molecule has 1 aliphatic heterocycles. The van der Waals surface area contributed by atoms with Gasteiger partial charge in [0.15, 0.2) is 5.96 Å². The smallest absolute Gasteiger partial charge is 0.222 e. The first kappa shape index (κ1) is 22.3. The second-order valence-corrected chi connectivity index (χ2v) is 5.75. The molecule has 0 saturated carbocycles. The average Bonchev–Trinajstić information content (AvgIpc) is 2.99. The van der Waals surface area contributed by atoms with E-state index in [1.807, 2.05) is 36.9 Å². The molecule has 1 aromatic carbocycles. The fraction of sp³-hybridized carbons (Fsp3) is 0.556. The molecule has 3 N–H and O–H groups in total. The summed E-state index contributed by atoms with van der Waals surface area (Å²) in [5.41, 5.74) is 6.70. The van der Waals surface area contributed by atoms with Gasteiger partial charge in [-0.05, 0) is 38.8 Å². The quantitative estimate of drug-likeness (QED) is 0.248. The van der Waals surface area contributed by atoms with Crippen LogP contribution >= 0.6 is 24.0 Å². The first-order chi connectivity index (χ1) is 12.1. The molecule has 0 bridgehead atoms. The first-order valence-electron chi connectivity index (χ1n) is 8.88. The van der Waals surface area contributed by atoms with E-state index in [4.69, 9.17) is 15.2 Å². The van der Waals surface area contributed by atoms with Crippen LogP contribution in [0.2, 0.25) is 0 Å². The van der Waals surface area contributed by atoms with Gasteiger partial charge < -0.3 is 25.4 Å². The molecule has 0 atom stereocenters. The van der Waals surface area contributed by atoms with Crippen molar-refractivity contribution in [1.82, 2.24) is 4.90 Å². The molecule has 0 aliphatic carbocycles. The van der Waals surface area contributed by atoms with Crippen LogP contribution in [0.1, 0.15) is 33.1 Å². The summed E-state index contributed by atoms with van der Waals surface area (Å²) >= 11 is 0. The van der Waals surface area contributed by atoms with Crippen molar-refractivity contribution in [2.45, 2.75) is 33.1 Å². The zero-order chi connectivity index (χ0) is 18.1. The number of guanidine groups is 1. The van der Waals surface area contributed by atoms with Crippen LogP contribution in [0.3, 0.4) is 0 Å². The summed E-state index contributed by atoms with van der Waals surface area (Å²) in [6, 6.07) is 5.56. The zero-order valence-electron chi connectivity index (χ0n) is 15.5. The predicted octanol–water partition coefficient (Wildman–Crippen LogP) is 2.84. The number of aliphatic imine (C=N–C) groups is 1. The Morgan fingerprint density at radius 2 is 2.08 bits per heavy atom. The molecule has 1 amide bonds. The Balaban J connectivity index is 0.00000338. The molecule has 1 heterocycles. The van der Waals surface area contributed by atoms with Gasteiger partial charge in [-0.3, -0.25) is 9.79 Å². The summed E-state index contributed by atoms with van der Waals surface area (Å²) in [5, 5.41) is 3.07. The van der Waals surface area contributed by atoms with Crippen molar-refractivity contribution in [3.63, 3.8) is 0 Å². The van der Waals surface area contributed by atoms with Gasteiger partial charge >= 0.3 is 0 Å². The SMILES string of the molecule is CCOc1ccc(OCC)c(NC(N)=NCCCN2CCCC2=O)c1.I. The van der Waals surface area contributed by atoms with Crippen LogP contribution in [-0.4, -0.2) is 49.6 Å². The lowest BCUT2D eigenvalue weighted by atomic mass is 10.2. The number of nitrogens with one attached hydrogen (secondary N) is 1. The summed E-state index contributed by atoms with van der Waals surface area (Å²) < 4.78 is 11.1. The van der Waals surface area contributed by atoms with Crippen molar-refractivity contribution in [3.8, 4) is 11.5 Å². The second kappa shape index (κ2) is 11.8. The fourth-order valence-electron chi connectivity index (χ4n) is 2.72. The minimum atomic E-state index is 0. The monoisotopic (exact) mass is 476 g/mol. The van der Waals surface area contributed by atoms with Crippen LogP contribution in [0, 0.1) is 0 Å². The maximum Gasteiger partial charge on any atom is 0.222 e. The van der Waals surface area contributed by atoms with Crippen molar-refractivity contribution in [2.75, 3.05) is 38.2 Å². The molecular formula is C18H29IN4O3. The maximum absolute atomic E-state index is 11.6. The summed E-state index contributed by atoms with van der Waals surface area (Å²) in [4.78, 5) is 17.8. The second-order valence-electron chi connectivity index (χ2n) is 5.75. The molecule has 0 spiro atoms. The van der Waals surface area contributed by atoms with E-state index in [0.29, 0.717) is 37.9 Å². The summed E-state index contributed by atoms with van der Waals surface area (Å²) in [5.74, 6) is 2.01. The number of rotatable bonds is 9. The van der Waals surface area contributed by atoms with Gasteiger partial charge in [0.1, 0.15) is 11.5 Å². The minimum absolute atomic E-state index is 0. The van der Waals surface area contributed by atoms with Gasteiger partial charge in [0, 0.05) is 32.1 Å². The van der Waals surface area contributed by atoms with Gasteiger partial charge in [-0.2, -0.15) is 0 Å². The zero-order valence-corrected chi connectivity index (χ0v) is 17.8. The highest BCUT2D eigenvalue weighted by molar-refractivity contribution is 14.0. The van der Waals surface area contributed by atoms with Gasteiger partial charge in [-0.15, -0.1) is 24.0 Å². The molecule has 7 nitrogen and oxygen atoms in total. The normalized spacial score (nSPS) is 14.2. The number of benzene rings is 1. The number of carbonyl (C=O) groups is 1. The van der Waals surface area contributed by atoms with Crippen LogP contribution in [0.25, 0.3) is 0 Å². The molecular weight excluding hydrogens is 447 g/mol. The van der Waals surface area contributed by atoms with Gasteiger partial charge in [-0.1, -0.05) is 0 Å². The van der Waals surface area contributed by atoms with Crippen molar-refractivity contribution in [2.24, 2.45) is 10.7 Å². The molecule has 2 rings (SSSR count). The van der Waals surface area contributed by atoms with Gasteiger partial charge in [0.2, 0.25) is 5.91 Å². The van der Waals surface area contributed by atoms with Gasteiger partial charge in [-0.25, -0.2) is 0 Å². The van der Waals surface area contributed by atoms with Crippen LogP contribution in [0.4, 0.5) is 5.69 Å². The van der Waals surface area contributed by atoms with Crippen LogP contribution in [-0.2, 0) is 4.79 Å². The fourth-order valence-corrected chi connectivity index (χ4v) is 2.72. The number of halogens is 1. The van der Waals surface area contributed by atoms with E-state index < -0.39 is 0 Å². The van der Waals surface area contributed by atoms with Crippen molar-refractivity contribution in [1.29, 1.82) is 0 Å². The van der Waals surface area contributed by atoms with Crippen molar-refractivity contribution < 1.29 is 14.3 Å². The molecule has 0 aromatic heterocycles. The third-order valence-electron chi connectivity index (χ3n) is 3.86. The Bertz CT molecular complexity index is 610. The van der Waals surface area contributed by atoms with E-state index in [-0.39, 0.29) is 29.9 Å². The average molecular weight is 476 g/mol. The topological polar surface area (TPSA) is 89.2 Å². The molecule has 1 aliphatic rings. The molecule has 0 radical (unpaired) electrons. The lowest BCUT2D eigenvalue weighted by Crippen LogP contribution is -2.27. The summed E-state index contributed by atoms with van der Waals surface area (Å²) in [6.07, 6.45) is 2.43. The number of hydrogen-bond donors (Lipinski definition) is 2. The number of likely N-dealkylation sites (tertiary alicyclic amines) is 1. The highest BCUT2D eigenvalue weighted by Gasteiger charge is 2.18. The number of hydrogen-bond acceptors (Lipinski definition) is 4. The first-order valence-corrected chi connectivity index (χ1v) is 8.88. The molecule has 146 valence electrons. The van der Waals surface area contributed by atoms with E-state index in [2.05, 4.69) is 10.3 Å². The van der Waals surface area contributed by atoms with E-state index in [0.717, 1.165) is 37.4 Å². The molecule has 26 heavy (non-hydrogen) atoms. The Morgan fingerprint density at radius 3 is 2.73 bits per heavy atom. The molecule has 1 fully saturated rings. The molecule has 1 saturated heterocycles. The molecule has 8 heteroatoms. The van der Waals surface area contributed by atoms with Crippen LogP contribution < -0.4 is 20.5 Å². The van der Waals surface area contributed by atoms with E-state index >= 15 is 0 Å². The van der Waals surface area contributed by atoms with Gasteiger partial charge in [0.05, 0.1) is 18.9 Å². The van der Waals surface area contributed by atoms with Gasteiger partial charge in [0.25, 0.3) is 0 Å². The summed E-state index contributed by atoms with van der Waals surface area (Å²) in [6.45, 7) is 7.17. The number of ether oxygens (including phenoxy) is 2. The number of nitrogens with two attached hydrogens (primary N) is 1. The van der Waals surface area contributed by atoms with Crippen molar-refractivity contribution in [3.05, 3.63) is 18.2 Å². The molecule has 0 unspecified atom stereocenters. The summed E-state index contributed by atoms with van der Waals surface area (Å²) in [7, 11) is 0. The third kappa shape index (κ3) is 6.89. The Kier molecular flexibility index (Phi) is 10.2. The Morgan fingerprint density at radius 1 is 1.31 bits per heavy atom. The standard InChI is InChI=1S/C18H28N4O3.HI/c1-3-24-14-8-9-16(25-4-2)15(13-14)21-18(19)20-10-6-12-22-11-5-7-17(22)23;/h8-9,13H,3-7,10-12H2,1-2H3,(H3,19,20,21);1H. The molecule has 1 aromatic rings. The van der Waals surface area contributed by atoms with Crippen LogP contribution in [0.15, 0.2) is 23.2 Å². The van der Waals surface area contributed by atoms with E-state index in [1.165, 1.54) is 0 Å².